The Morgan fingerprint density at radius 3 is 1.70 bits per heavy atom. The maximum absolute atomic E-state index is 13.1. The van der Waals surface area contributed by atoms with Crippen molar-refractivity contribution in [2.24, 2.45) is 0 Å². The average Bonchev–Trinajstić information content (AvgIpc) is 2.62. The summed E-state index contributed by atoms with van der Waals surface area (Å²) in [6, 6.07) is 22.6. The van der Waals surface area contributed by atoms with Crippen molar-refractivity contribution in [3.63, 3.8) is 0 Å². The molecule has 3 nitrogen and oxygen atoms in total. The minimum absolute atomic E-state index is 0.262. The molecule has 5 heteroatoms. The first-order chi connectivity index (χ1) is 12.8. The zero-order chi connectivity index (χ0) is 19.2. The van der Waals surface area contributed by atoms with E-state index in [1.807, 2.05) is 69.3 Å². The van der Waals surface area contributed by atoms with Crippen LogP contribution in [0.1, 0.15) is 20.8 Å². The van der Waals surface area contributed by atoms with Gasteiger partial charge in [-0.05, 0) is 69.3 Å². The predicted molar refractivity (Wildman–Crippen MR) is 107 cm³/mol. The van der Waals surface area contributed by atoms with Gasteiger partial charge in [0.25, 0.3) is 0 Å². The third-order valence-electron chi connectivity index (χ3n) is 4.20. The molecular weight excluding hydrogens is 376 g/mol. The van der Waals surface area contributed by atoms with Crippen LogP contribution < -0.4 is 4.74 Å². The molecule has 4 rings (SSSR count). The Labute approximate surface area is 163 Å². The molecule has 0 atom stereocenters. The number of hydrogen-bond acceptors (Lipinski definition) is 3. The molecule has 1 heterocycles. The Balaban J connectivity index is 1.87. The Kier molecular flexibility index (Phi) is 4.32. The summed E-state index contributed by atoms with van der Waals surface area (Å²) >= 11 is 0. The fourth-order valence-electron chi connectivity index (χ4n) is 3.17. The van der Waals surface area contributed by atoms with Gasteiger partial charge in [-0.15, -0.1) is 0 Å². The van der Waals surface area contributed by atoms with Crippen molar-refractivity contribution in [3.8, 4) is 5.75 Å². The van der Waals surface area contributed by atoms with E-state index in [0.717, 1.165) is 20.4 Å². The molecule has 3 aromatic rings. The molecule has 0 bridgehead atoms. The van der Waals surface area contributed by atoms with Crippen molar-refractivity contribution in [1.29, 1.82) is 0 Å². The molecule has 1 aliphatic rings. The topological polar surface area (TPSA) is 43.4 Å². The smallest absolute Gasteiger partial charge is 0.216 e. The van der Waals surface area contributed by atoms with Crippen molar-refractivity contribution in [3.05, 3.63) is 72.8 Å². The second kappa shape index (κ2) is 6.43. The summed E-state index contributed by atoms with van der Waals surface area (Å²) in [6.07, 6.45) is 0. The maximum atomic E-state index is 13.1. The van der Waals surface area contributed by atoms with Crippen LogP contribution in [0.2, 0.25) is 0 Å². The highest BCUT2D eigenvalue weighted by Crippen LogP contribution is 2.44. The van der Waals surface area contributed by atoms with Crippen LogP contribution in [0.25, 0.3) is 0 Å². The van der Waals surface area contributed by atoms with Gasteiger partial charge >= 0.3 is 0 Å². The molecule has 27 heavy (non-hydrogen) atoms. The van der Waals surface area contributed by atoms with E-state index in [1.54, 1.807) is 24.3 Å². The summed E-state index contributed by atoms with van der Waals surface area (Å²) in [4.78, 5) is 3.58. The number of benzene rings is 3. The van der Waals surface area contributed by atoms with E-state index in [1.165, 1.54) is 0 Å². The molecule has 1 aliphatic heterocycles. The van der Waals surface area contributed by atoms with Gasteiger partial charge in [-0.25, -0.2) is 8.42 Å². The minimum Gasteiger partial charge on any atom is -0.488 e. The number of hydrogen-bond donors (Lipinski definition) is 0. The first-order valence-corrected chi connectivity index (χ1v) is 11.4. The average molecular weight is 398 g/mol. The Hall–Kier alpha value is -2.24. The van der Waals surface area contributed by atoms with Gasteiger partial charge in [0.05, 0.1) is 0 Å². The highest BCUT2D eigenvalue weighted by molar-refractivity contribution is 8.00. The molecule has 0 N–H and O–H groups in total. The molecule has 3 aromatic carbocycles. The lowest BCUT2D eigenvalue weighted by atomic mass is 10.2. The number of sulfone groups is 1. The standard InChI is InChI=1S/C22H21O3S2/c1-22(2,3)25-16-12-14-17(15-13-16)26-18-8-4-6-10-20(18)27(23,24)21-11-7-5-9-19(21)26/h4-15H,1-3H3/q+1. The van der Waals surface area contributed by atoms with Gasteiger partial charge < -0.3 is 4.74 Å². The molecule has 138 valence electrons. The van der Waals surface area contributed by atoms with Gasteiger partial charge in [0.1, 0.15) is 32.0 Å². The molecule has 0 radical (unpaired) electrons. The van der Waals surface area contributed by atoms with Gasteiger partial charge in [0.15, 0.2) is 14.7 Å². The Bertz CT molecular complexity index is 1040. The largest absolute Gasteiger partial charge is 0.488 e. The van der Waals surface area contributed by atoms with E-state index in [4.69, 9.17) is 4.74 Å². The van der Waals surface area contributed by atoms with Crippen molar-refractivity contribution >= 4 is 20.7 Å². The van der Waals surface area contributed by atoms with Crippen LogP contribution in [0, 0.1) is 0 Å². The molecule has 0 amide bonds. The molecule has 0 fully saturated rings. The van der Waals surface area contributed by atoms with E-state index in [9.17, 15) is 8.42 Å². The number of rotatable bonds is 2. The first kappa shape index (κ1) is 18.1. The highest BCUT2D eigenvalue weighted by Gasteiger charge is 2.44. The van der Waals surface area contributed by atoms with Crippen molar-refractivity contribution in [1.82, 2.24) is 0 Å². The summed E-state index contributed by atoms with van der Waals surface area (Å²) in [5, 5.41) is 0. The number of fused-ring (bicyclic) bond motifs is 2. The van der Waals surface area contributed by atoms with Crippen LogP contribution in [-0.2, 0) is 20.7 Å². The molecule has 0 aliphatic carbocycles. The van der Waals surface area contributed by atoms with Gasteiger partial charge in [-0.1, -0.05) is 24.3 Å². The lowest BCUT2D eigenvalue weighted by Gasteiger charge is -2.22. The summed E-state index contributed by atoms with van der Waals surface area (Å²) in [5.74, 6) is 0.807. The second-order valence-corrected chi connectivity index (χ2v) is 11.2. The minimum atomic E-state index is -3.49. The zero-order valence-electron chi connectivity index (χ0n) is 15.5. The molecular formula is C22H21O3S2+. The quantitative estimate of drug-likeness (QED) is 0.442. The summed E-state index contributed by atoms with van der Waals surface area (Å²) in [7, 11) is -3.96. The van der Waals surface area contributed by atoms with E-state index in [-0.39, 0.29) is 5.60 Å². The second-order valence-electron chi connectivity index (χ2n) is 7.39. The van der Waals surface area contributed by atoms with E-state index in [2.05, 4.69) is 0 Å². The third kappa shape index (κ3) is 3.26. The van der Waals surface area contributed by atoms with Crippen molar-refractivity contribution in [2.45, 2.75) is 50.8 Å². The maximum Gasteiger partial charge on any atom is 0.216 e. The van der Waals surface area contributed by atoms with Crippen molar-refractivity contribution in [2.75, 3.05) is 0 Å². The Morgan fingerprint density at radius 2 is 1.22 bits per heavy atom. The highest BCUT2D eigenvalue weighted by atomic mass is 32.2. The molecule has 0 spiro atoms. The van der Waals surface area contributed by atoms with Crippen LogP contribution in [0.4, 0.5) is 0 Å². The fourth-order valence-corrected chi connectivity index (χ4v) is 7.87. The normalized spacial score (nSPS) is 15.7. The fraction of sp³-hybridized carbons (Fsp3) is 0.182. The third-order valence-corrected chi connectivity index (χ3v) is 8.66. The van der Waals surface area contributed by atoms with Gasteiger partial charge in [-0.3, -0.25) is 0 Å². The lowest BCUT2D eigenvalue weighted by Crippen LogP contribution is -2.23. The Morgan fingerprint density at radius 1 is 0.741 bits per heavy atom. The SMILES string of the molecule is CC(C)(C)Oc1ccc([S+]2c3ccccc3S(=O)(=O)c3ccccc32)cc1. The van der Waals surface area contributed by atoms with E-state index >= 15 is 0 Å². The summed E-state index contributed by atoms with van der Waals surface area (Å²) in [6.45, 7) is 6.05. The van der Waals surface area contributed by atoms with Gasteiger partial charge in [0, 0.05) is 0 Å². The van der Waals surface area contributed by atoms with Gasteiger partial charge in [-0.2, -0.15) is 0 Å². The molecule has 0 unspecified atom stereocenters. The van der Waals surface area contributed by atoms with Crippen molar-refractivity contribution < 1.29 is 13.2 Å². The van der Waals surface area contributed by atoms with Gasteiger partial charge in [0.2, 0.25) is 9.84 Å². The molecule has 0 saturated heterocycles. The monoisotopic (exact) mass is 397 g/mol. The van der Waals surface area contributed by atoms with E-state index in [0.29, 0.717) is 9.79 Å². The van der Waals surface area contributed by atoms with Crippen LogP contribution in [0.3, 0.4) is 0 Å². The lowest BCUT2D eigenvalue weighted by molar-refractivity contribution is 0.131. The van der Waals surface area contributed by atoms with Crippen LogP contribution in [0.15, 0.2) is 97.3 Å². The first-order valence-electron chi connectivity index (χ1n) is 8.74. The summed E-state index contributed by atoms with van der Waals surface area (Å²) in [5.41, 5.74) is -0.262. The summed E-state index contributed by atoms with van der Waals surface area (Å²) < 4.78 is 32.1. The van der Waals surface area contributed by atoms with Crippen LogP contribution in [-0.4, -0.2) is 14.0 Å². The van der Waals surface area contributed by atoms with Crippen LogP contribution >= 0.6 is 0 Å². The number of ether oxygens (including phenoxy) is 1. The predicted octanol–water partition coefficient (Wildman–Crippen LogP) is 5.11. The van der Waals surface area contributed by atoms with E-state index < -0.39 is 20.7 Å². The molecule has 0 aromatic heterocycles. The molecule has 0 saturated carbocycles. The van der Waals surface area contributed by atoms with Crippen LogP contribution in [0.5, 0.6) is 5.75 Å². The zero-order valence-corrected chi connectivity index (χ0v) is 17.1.